The molecule has 0 saturated heterocycles. The van der Waals surface area contributed by atoms with Crippen molar-refractivity contribution in [3.8, 4) is 0 Å². The lowest BCUT2D eigenvalue weighted by atomic mass is 9.88. The van der Waals surface area contributed by atoms with Crippen molar-refractivity contribution in [3.63, 3.8) is 0 Å². The van der Waals surface area contributed by atoms with Crippen LogP contribution in [0.1, 0.15) is 13.3 Å². The molecule has 1 unspecified atom stereocenters. The van der Waals surface area contributed by atoms with Crippen LogP contribution in [0, 0.1) is 5.92 Å². The van der Waals surface area contributed by atoms with Gasteiger partial charge in [0.05, 0.1) is 0 Å². The predicted octanol–water partition coefficient (Wildman–Crippen LogP) is 11.2. The third-order valence-corrected chi connectivity index (χ3v) is 16.0. The van der Waals surface area contributed by atoms with Crippen LogP contribution >= 0.6 is 197 Å². The van der Waals surface area contributed by atoms with Crippen LogP contribution in [-0.2, 0) is 4.79 Å². The van der Waals surface area contributed by atoms with Gasteiger partial charge in [-0.05, 0) is 6.42 Å². The maximum absolute atomic E-state index is 11.4. The third-order valence-electron chi connectivity index (χ3n) is 4.29. The number of carboxylic acids is 1. The van der Waals surface area contributed by atoms with Crippen LogP contribution in [0.3, 0.4) is 0 Å². The SMILES string of the molecule is C=C(C(=O)O)C(CC)C(Cl)(Cl)C(Cl)(Cl)C(Cl)(Cl)C(Cl)(Cl)C(Cl)(Cl)C(Cl)(Cl)C(Cl)(Cl)C(Cl)(Cl)Cl. The number of halogens is 17. The van der Waals surface area contributed by atoms with E-state index >= 15 is 0 Å². The van der Waals surface area contributed by atoms with Crippen molar-refractivity contribution in [1.82, 2.24) is 0 Å². The molecule has 0 rings (SSSR count). The lowest BCUT2D eigenvalue weighted by Crippen LogP contribution is -2.70. The Kier molecular flexibility index (Phi) is 13.0. The molecule has 33 heavy (non-hydrogen) atoms. The van der Waals surface area contributed by atoms with Crippen LogP contribution in [0.5, 0.6) is 0 Å². The summed E-state index contributed by atoms with van der Waals surface area (Å²) >= 11 is 105. The molecule has 0 bridgehead atoms. The van der Waals surface area contributed by atoms with Crippen LogP contribution in [-0.4, -0.2) is 45.2 Å². The first-order valence-corrected chi connectivity index (χ1v) is 14.1. The highest BCUT2D eigenvalue weighted by atomic mass is 35.6. The molecule has 2 nitrogen and oxygen atoms in total. The van der Waals surface area contributed by atoms with Gasteiger partial charge in [-0.1, -0.05) is 211 Å². The van der Waals surface area contributed by atoms with Crippen LogP contribution in [0.25, 0.3) is 0 Å². The van der Waals surface area contributed by atoms with Crippen molar-refractivity contribution in [2.24, 2.45) is 5.92 Å². The topological polar surface area (TPSA) is 37.3 Å². The summed E-state index contributed by atoms with van der Waals surface area (Å²) in [7, 11) is 0. The van der Waals surface area contributed by atoms with E-state index in [1.165, 1.54) is 6.92 Å². The zero-order valence-electron chi connectivity index (χ0n) is 15.3. The zero-order chi connectivity index (χ0) is 27.4. The van der Waals surface area contributed by atoms with Crippen molar-refractivity contribution in [2.45, 2.75) is 47.5 Å². The maximum atomic E-state index is 11.4. The van der Waals surface area contributed by atoms with E-state index in [0.29, 0.717) is 0 Å². The molecule has 0 spiro atoms. The van der Waals surface area contributed by atoms with Crippen molar-refractivity contribution in [3.05, 3.63) is 12.2 Å². The van der Waals surface area contributed by atoms with Gasteiger partial charge in [0.25, 0.3) is 0 Å². The monoisotopic (exact) mass is 804 g/mol. The number of rotatable bonds is 10. The molecule has 0 aromatic heterocycles. The van der Waals surface area contributed by atoms with Crippen molar-refractivity contribution >= 4 is 203 Å². The fourth-order valence-corrected chi connectivity index (χ4v) is 7.92. The highest BCUT2D eigenvalue weighted by Gasteiger charge is 2.81. The minimum atomic E-state index is -3.11. The molecule has 0 heterocycles. The molecule has 0 aliphatic rings. The minimum Gasteiger partial charge on any atom is -0.478 e. The van der Waals surface area contributed by atoms with Crippen LogP contribution < -0.4 is 0 Å². The Morgan fingerprint density at radius 1 is 0.636 bits per heavy atom. The van der Waals surface area contributed by atoms with E-state index in [0.717, 1.165) is 0 Å². The quantitative estimate of drug-likeness (QED) is 0.176. The van der Waals surface area contributed by atoms with E-state index in [1.807, 2.05) is 0 Å². The molecular formula is C14H9Cl17O2. The number of alkyl halides is 17. The Labute approximate surface area is 275 Å². The van der Waals surface area contributed by atoms with Crippen LogP contribution in [0.2, 0.25) is 0 Å². The molecule has 0 saturated carbocycles. The fourth-order valence-electron chi connectivity index (χ4n) is 2.27. The highest BCUT2D eigenvalue weighted by molar-refractivity contribution is 6.83. The molecule has 1 N–H and O–H groups in total. The van der Waals surface area contributed by atoms with E-state index < -0.39 is 51.6 Å². The van der Waals surface area contributed by atoms with Crippen molar-refractivity contribution in [1.29, 1.82) is 0 Å². The van der Waals surface area contributed by atoms with E-state index in [1.54, 1.807) is 0 Å². The average molecular weight is 812 g/mol. The molecule has 0 radical (unpaired) electrons. The summed E-state index contributed by atoms with van der Waals surface area (Å²) < 4.78 is -23.2. The predicted molar refractivity (Wildman–Crippen MR) is 152 cm³/mol. The van der Waals surface area contributed by atoms with Gasteiger partial charge in [-0.3, -0.25) is 0 Å². The molecule has 0 aliphatic heterocycles. The van der Waals surface area contributed by atoms with Gasteiger partial charge in [-0.15, -0.1) is 0 Å². The van der Waals surface area contributed by atoms with Gasteiger partial charge in [0.1, 0.15) is 0 Å². The summed E-state index contributed by atoms with van der Waals surface area (Å²) in [6.45, 7) is 4.87. The van der Waals surface area contributed by atoms with Crippen LogP contribution in [0.4, 0.5) is 0 Å². The Hall–Kier alpha value is 4.14. The maximum Gasteiger partial charge on any atom is 0.331 e. The summed E-state index contributed by atoms with van der Waals surface area (Å²) in [5.41, 5.74) is -0.518. The normalized spacial score (nSPS) is 16.5. The van der Waals surface area contributed by atoms with Gasteiger partial charge < -0.3 is 5.11 Å². The number of aliphatic carboxylic acids is 1. The second-order valence-corrected chi connectivity index (χ2v) is 18.0. The second-order valence-electron chi connectivity index (χ2n) is 6.36. The Morgan fingerprint density at radius 2 is 0.909 bits per heavy atom. The highest BCUT2D eigenvalue weighted by Crippen LogP contribution is 2.73. The second kappa shape index (κ2) is 11.6. The van der Waals surface area contributed by atoms with E-state index in [9.17, 15) is 9.90 Å². The zero-order valence-corrected chi connectivity index (χ0v) is 28.1. The molecule has 0 aromatic rings. The molecule has 0 amide bonds. The third kappa shape index (κ3) is 6.09. The largest absolute Gasteiger partial charge is 0.478 e. The van der Waals surface area contributed by atoms with Gasteiger partial charge in [-0.2, -0.15) is 0 Å². The number of hydrogen-bond donors (Lipinski definition) is 1. The molecule has 19 heteroatoms. The summed E-state index contributed by atoms with van der Waals surface area (Å²) in [5, 5.41) is 9.31. The van der Waals surface area contributed by atoms with Gasteiger partial charge in [0, 0.05) is 11.5 Å². The Bertz CT molecular complexity index is 764. The van der Waals surface area contributed by atoms with Crippen molar-refractivity contribution in [2.75, 3.05) is 0 Å². The molecule has 1 atom stereocenters. The van der Waals surface area contributed by atoms with Crippen LogP contribution in [0.15, 0.2) is 12.2 Å². The van der Waals surface area contributed by atoms with Gasteiger partial charge in [-0.25, -0.2) is 4.79 Å². The molecule has 0 aromatic carbocycles. The smallest absolute Gasteiger partial charge is 0.331 e. The molecule has 0 fully saturated rings. The molecule has 0 aliphatic carbocycles. The van der Waals surface area contributed by atoms with E-state index in [-0.39, 0.29) is 6.42 Å². The number of carbonyl (C=O) groups is 1. The Balaban J connectivity index is 6.94. The van der Waals surface area contributed by atoms with Crippen molar-refractivity contribution < 1.29 is 9.90 Å². The van der Waals surface area contributed by atoms with E-state index in [2.05, 4.69) is 6.58 Å². The average Bonchev–Trinajstić information content (AvgIpc) is 2.59. The number of carboxylic acid groups (broad SMARTS) is 1. The summed E-state index contributed by atoms with van der Waals surface area (Å²) in [6, 6.07) is 0. The summed E-state index contributed by atoms with van der Waals surface area (Å²) in [4.78, 5) is 11.4. The first-order chi connectivity index (χ1) is 14.1. The van der Waals surface area contributed by atoms with Gasteiger partial charge in [0.2, 0.25) is 8.13 Å². The number of hydrogen-bond acceptors (Lipinski definition) is 1. The Morgan fingerprint density at radius 3 is 1.15 bits per heavy atom. The van der Waals surface area contributed by atoms with Gasteiger partial charge >= 0.3 is 5.97 Å². The van der Waals surface area contributed by atoms with Gasteiger partial charge in [0.15, 0.2) is 26.0 Å². The first kappa shape index (κ1) is 37.1. The first-order valence-electron chi connectivity index (χ1n) is 7.69. The standard InChI is InChI=1S/C14H9Cl17O2/c1-3-5(4(2)6(32)33)7(15,16)8(17,18)9(19,20)10(21,22)11(23,24)12(25,26)13(27,28)14(29,30)31/h5H,2-3H2,1H3,(H,32,33). The lowest BCUT2D eigenvalue weighted by molar-refractivity contribution is -0.133. The minimum absolute atomic E-state index is 0.0810. The molecule has 196 valence electrons. The summed E-state index contributed by atoms with van der Waals surface area (Å²) in [5.74, 6) is -2.87. The fraction of sp³-hybridized carbons (Fsp3) is 0.786. The molecular weight excluding hydrogens is 803 g/mol. The lowest BCUT2D eigenvalue weighted by Gasteiger charge is -2.55. The van der Waals surface area contributed by atoms with E-state index in [4.69, 9.17) is 197 Å². The summed E-state index contributed by atoms with van der Waals surface area (Å²) in [6.07, 6.45) is -0.0810.